The summed E-state index contributed by atoms with van der Waals surface area (Å²) in [5.74, 6) is 2.30. The maximum atomic E-state index is 10.2. The molecule has 3 heteroatoms. The normalized spacial score (nSPS) is 41.3. The highest BCUT2D eigenvalue weighted by Gasteiger charge is 2.58. The van der Waals surface area contributed by atoms with Gasteiger partial charge in [0, 0.05) is 5.41 Å². The van der Waals surface area contributed by atoms with Gasteiger partial charge in [-0.1, -0.05) is 37.6 Å². The molecular weight excluding hydrogens is 356 g/mol. The largest absolute Gasteiger partial charge is 0.393 e. The first-order chi connectivity index (χ1) is 14.0. The minimum atomic E-state index is -0.113. The van der Waals surface area contributed by atoms with Gasteiger partial charge in [-0.25, -0.2) is 4.98 Å². The molecule has 4 aliphatic carbocycles. The topological polar surface area (TPSA) is 39.9 Å². The van der Waals surface area contributed by atoms with E-state index in [0.29, 0.717) is 5.41 Å². The van der Waals surface area contributed by atoms with E-state index in [4.69, 9.17) is 0 Å². The zero-order chi connectivity index (χ0) is 19.8. The molecule has 2 N–H and O–H groups in total. The number of aliphatic hydroxyl groups excluding tert-OH is 1. The lowest BCUT2D eigenvalue weighted by Crippen LogP contribution is -2.52. The van der Waals surface area contributed by atoms with Crippen molar-refractivity contribution in [3.63, 3.8) is 0 Å². The van der Waals surface area contributed by atoms with Crippen molar-refractivity contribution >= 4 is 16.7 Å². The van der Waals surface area contributed by atoms with Gasteiger partial charge in [-0.15, -0.1) is 0 Å². The summed E-state index contributed by atoms with van der Waals surface area (Å²) in [4.78, 5) is 3.47. The second-order valence-corrected chi connectivity index (χ2v) is 10.6. The first kappa shape index (κ1) is 17.9. The maximum absolute atomic E-state index is 10.2. The Morgan fingerprint density at radius 1 is 1.00 bits per heavy atom. The Balaban J connectivity index is 1.36. The Kier molecular flexibility index (Phi) is 3.76. The van der Waals surface area contributed by atoms with Crippen LogP contribution in [0, 0.1) is 28.6 Å². The van der Waals surface area contributed by atoms with E-state index < -0.39 is 0 Å². The van der Waals surface area contributed by atoms with Gasteiger partial charge in [-0.05, 0) is 86.3 Å². The summed E-state index contributed by atoms with van der Waals surface area (Å²) in [5, 5.41) is 10.2. The van der Waals surface area contributed by atoms with Gasteiger partial charge in [-0.3, -0.25) is 0 Å². The number of nitrogens with one attached hydrogen (secondary N) is 1. The summed E-state index contributed by atoms with van der Waals surface area (Å²) in [6.07, 6.45) is 15.2. The van der Waals surface area contributed by atoms with Crippen LogP contribution in [-0.4, -0.2) is 16.2 Å². The number of hydrogen-bond donors (Lipinski definition) is 2. The molecule has 0 spiro atoms. The molecule has 0 bridgehead atoms. The Bertz CT molecular complexity index is 1030. The van der Waals surface area contributed by atoms with Crippen LogP contribution in [0.3, 0.4) is 0 Å². The lowest BCUT2D eigenvalue weighted by Gasteiger charge is -2.57. The van der Waals surface area contributed by atoms with Crippen molar-refractivity contribution < 1.29 is 9.67 Å². The highest BCUT2D eigenvalue weighted by atomic mass is 16.3. The summed E-state index contributed by atoms with van der Waals surface area (Å²) >= 11 is 0. The number of fused-ring (bicyclic) bond motifs is 6. The molecule has 1 heterocycles. The van der Waals surface area contributed by atoms with Gasteiger partial charge in [-0.2, -0.15) is 4.57 Å². The van der Waals surface area contributed by atoms with Crippen molar-refractivity contribution in [2.75, 3.05) is 0 Å². The third kappa shape index (κ3) is 2.37. The van der Waals surface area contributed by atoms with Gasteiger partial charge >= 0.3 is 0 Å². The van der Waals surface area contributed by atoms with E-state index in [9.17, 15) is 5.11 Å². The molecular formula is C26H33N2O+. The summed E-state index contributed by atoms with van der Waals surface area (Å²) in [6.45, 7) is 5.05. The van der Waals surface area contributed by atoms with Crippen LogP contribution >= 0.6 is 0 Å². The number of rotatable bonds is 1. The van der Waals surface area contributed by atoms with Crippen molar-refractivity contribution in [1.29, 1.82) is 0 Å². The first-order valence-corrected chi connectivity index (χ1v) is 11.6. The van der Waals surface area contributed by atoms with Crippen LogP contribution in [0.2, 0.25) is 0 Å². The standard InChI is InChI=1S/C26H32N2O/c1-25-13-11-18(29)15-17(25)7-8-19-20-9-10-24(26(20,2)14-12-21(19)25)28-16-27-22-5-3-4-6-23(22)28/h3-7,10,16,18-21,29H,8-9,11-15H2,1-2H3/p+1/t18?,19?,20?,21?,25-,26-/m0/s1. The molecule has 0 amide bonds. The summed E-state index contributed by atoms with van der Waals surface area (Å²) in [5.41, 5.74) is 6.16. The van der Waals surface area contributed by atoms with E-state index in [0.717, 1.165) is 30.6 Å². The van der Waals surface area contributed by atoms with Gasteiger partial charge in [0.25, 0.3) is 0 Å². The van der Waals surface area contributed by atoms with Crippen LogP contribution in [0.4, 0.5) is 0 Å². The highest BCUT2D eigenvalue weighted by Crippen LogP contribution is 2.65. The van der Waals surface area contributed by atoms with Crippen molar-refractivity contribution in [3.05, 3.63) is 48.3 Å². The average Bonchev–Trinajstić information content (AvgIpc) is 3.29. The van der Waals surface area contributed by atoms with E-state index in [1.807, 2.05) is 0 Å². The second kappa shape index (κ2) is 6.07. The van der Waals surface area contributed by atoms with E-state index in [1.165, 1.54) is 48.8 Å². The zero-order valence-corrected chi connectivity index (χ0v) is 17.7. The maximum Gasteiger partial charge on any atom is 0.247 e. The molecule has 4 unspecified atom stereocenters. The average molecular weight is 390 g/mol. The third-order valence-electron chi connectivity index (χ3n) is 9.39. The fourth-order valence-electron chi connectivity index (χ4n) is 7.77. The van der Waals surface area contributed by atoms with E-state index in [-0.39, 0.29) is 11.5 Å². The molecule has 29 heavy (non-hydrogen) atoms. The quantitative estimate of drug-likeness (QED) is 0.509. The van der Waals surface area contributed by atoms with Gasteiger partial charge in [0.1, 0.15) is 5.70 Å². The van der Waals surface area contributed by atoms with Gasteiger partial charge in [0.15, 0.2) is 11.0 Å². The van der Waals surface area contributed by atoms with Gasteiger partial charge < -0.3 is 5.11 Å². The van der Waals surface area contributed by atoms with E-state index >= 15 is 0 Å². The van der Waals surface area contributed by atoms with Crippen molar-refractivity contribution in [3.8, 4) is 0 Å². The predicted octanol–water partition coefficient (Wildman–Crippen LogP) is 5.23. The molecule has 0 aliphatic heterocycles. The van der Waals surface area contributed by atoms with Crippen LogP contribution in [0.15, 0.2) is 48.3 Å². The molecule has 6 atom stereocenters. The number of benzene rings is 1. The number of hydrogen-bond acceptors (Lipinski definition) is 1. The molecule has 3 nitrogen and oxygen atoms in total. The molecule has 1 aromatic heterocycles. The molecule has 2 fully saturated rings. The molecule has 2 saturated carbocycles. The minimum Gasteiger partial charge on any atom is -0.393 e. The number of imidazole rings is 1. The monoisotopic (exact) mass is 389 g/mol. The Morgan fingerprint density at radius 3 is 2.72 bits per heavy atom. The predicted molar refractivity (Wildman–Crippen MR) is 116 cm³/mol. The zero-order valence-electron chi connectivity index (χ0n) is 17.7. The Hall–Kier alpha value is -1.87. The molecule has 6 rings (SSSR count). The number of nitrogens with zero attached hydrogens (tertiary/aromatic N) is 1. The summed E-state index contributed by atoms with van der Waals surface area (Å²) in [6, 6.07) is 8.66. The minimum absolute atomic E-state index is 0.113. The fourth-order valence-corrected chi connectivity index (χ4v) is 7.77. The number of allylic oxidation sites excluding steroid dienone is 3. The summed E-state index contributed by atoms with van der Waals surface area (Å²) < 4.78 is 2.43. The lowest BCUT2D eigenvalue weighted by molar-refractivity contribution is -0.561. The number of aliphatic hydroxyl groups is 1. The van der Waals surface area contributed by atoms with Crippen LogP contribution in [0.25, 0.3) is 16.7 Å². The van der Waals surface area contributed by atoms with Crippen LogP contribution in [0.5, 0.6) is 0 Å². The molecule has 0 radical (unpaired) electrons. The first-order valence-electron chi connectivity index (χ1n) is 11.6. The third-order valence-corrected chi connectivity index (χ3v) is 9.39. The lowest BCUT2D eigenvalue weighted by atomic mass is 9.48. The molecule has 2 aromatic rings. The van der Waals surface area contributed by atoms with Gasteiger partial charge in [0.05, 0.1) is 6.10 Å². The smallest absolute Gasteiger partial charge is 0.247 e. The second-order valence-electron chi connectivity index (χ2n) is 10.6. The number of aromatic nitrogens is 2. The molecule has 1 aromatic carbocycles. The SMILES string of the molecule is C[C@]12CCC(O)CC1=CCC1C2CC[C@]2(C)C([n+]3c[nH]c4ccccc43)=CCC12. The van der Waals surface area contributed by atoms with Crippen molar-refractivity contribution in [2.45, 2.75) is 64.9 Å². The number of aromatic amines is 1. The number of para-hydroxylation sites is 2. The molecule has 0 saturated heterocycles. The fraction of sp³-hybridized carbons (Fsp3) is 0.577. The van der Waals surface area contributed by atoms with Crippen LogP contribution in [0.1, 0.15) is 58.8 Å². The molecule has 4 aliphatic rings. The Labute approximate surface area is 173 Å². The van der Waals surface area contributed by atoms with Crippen molar-refractivity contribution in [2.24, 2.45) is 28.6 Å². The van der Waals surface area contributed by atoms with Crippen LogP contribution < -0.4 is 4.57 Å². The van der Waals surface area contributed by atoms with Crippen LogP contribution in [-0.2, 0) is 0 Å². The molecule has 152 valence electrons. The van der Waals surface area contributed by atoms with Crippen molar-refractivity contribution in [1.82, 2.24) is 4.98 Å². The Morgan fingerprint density at radius 2 is 1.83 bits per heavy atom. The highest BCUT2D eigenvalue weighted by molar-refractivity contribution is 5.72. The van der Waals surface area contributed by atoms with E-state index in [1.54, 1.807) is 5.57 Å². The number of H-pyrrole nitrogens is 1. The van der Waals surface area contributed by atoms with Gasteiger partial charge in [0.2, 0.25) is 6.33 Å². The van der Waals surface area contributed by atoms with E-state index in [2.05, 4.69) is 66.1 Å². The summed E-state index contributed by atoms with van der Waals surface area (Å²) in [7, 11) is 0.